The smallest absolute Gasteiger partial charge is 0.255 e. The monoisotopic (exact) mass is 404 g/mol. The lowest BCUT2D eigenvalue weighted by Gasteiger charge is -2.07. The van der Waals surface area contributed by atoms with Crippen molar-refractivity contribution in [3.05, 3.63) is 57.0 Å². The average Bonchev–Trinajstić information content (AvgIpc) is 3.09. The lowest BCUT2D eigenvalue weighted by atomic mass is 10.1. The number of ether oxygens (including phenoxy) is 1. The molecule has 1 aromatic carbocycles. The number of nitrogens with zero attached hydrogens (tertiary/aromatic N) is 3. The molecule has 3 aromatic rings. The van der Waals surface area contributed by atoms with Gasteiger partial charge in [0.25, 0.3) is 5.56 Å². The van der Waals surface area contributed by atoms with Gasteiger partial charge in [0.05, 0.1) is 7.11 Å². The molecule has 0 fully saturated rings. The van der Waals surface area contributed by atoms with Crippen LogP contribution in [0.3, 0.4) is 0 Å². The van der Waals surface area contributed by atoms with Crippen LogP contribution in [0, 0.1) is 0 Å². The summed E-state index contributed by atoms with van der Waals surface area (Å²) < 4.78 is 5.21. The third kappa shape index (κ3) is 5.69. The second-order valence-corrected chi connectivity index (χ2v) is 7.83. The van der Waals surface area contributed by atoms with Gasteiger partial charge in [0, 0.05) is 36.2 Å². The maximum Gasteiger partial charge on any atom is 0.255 e. The maximum atomic E-state index is 12.3. The average molecular weight is 405 g/mol. The largest absolute Gasteiger partial charge is 0.497 e. The van der Waals surface area contributed by atoms with Gasteiger partial charge in [-0.25, -0.2) is 4.98 Å². The summed E-state index contributed by atoms with van der Waals surface area (Å²) in [5, 5.41) is 12.3. The van der Waals surface area contributed by atoms with Crippen molar-refractivity contribution in [1.29, 1.82) is 0 Å². The van der Waals surface area contributed by atoms with Crippen molar-refractivity contribution in [1.82, 2.24) is 20.2 Å². The summed E-state index contributed by atoms with van der Waals surface area (Å²) in [4.78, 5) is 19.4. The number of aromatic nitrogens is 4. The SMILES string of the molecule is COc1cccc(Cc2cnc(NCCSCc3nnc(N)s3)[nH]c2=O)c1. The number of rotatable bonds is 9. The Morgan fingerprint density at radius 1 is 1.37 bits per heavy atom. The van der Waals surface area contributed by atoms with Crippen LogP contribution in [-0.2, 0) is 12.2 Å². The molecule has 4 N–H and O–H groups in total. The second-order valence-electron chi connectivity index (χ2n) is 5.63. The lowest BCUT2D eigenvalue weighted by molar-refractivity contribution is 0.414. The predicted molar refractivity (Wildman–Crippen MR) is 110 cm³/mol. The molecular weight excluding hydrogens is 384 g/mol. The zero-order valence-electron chi connectivity index (χ0n) is 14.8. The summed E-state index contributed by atoms with van der Waals surface area (Å²) >= 11 is 3.10. The molecule has 0 saturated heterocycles. The maximum absolute atomic E-state index is 12.3. The highest BCUT2D eigenvalue weighted by molar-refractivity contribution is 7.98. The topological polar surface area (TPSA) is 119 Å². The van der Waals surface area contributed by atoms with Crippen LogP contribution in [0.2, 0.25) is 0 Å². The molecule has 3 rings (SSSR count). The Morgan fingerprint density at radius 3 is 3.00 bits per heavy atom. The molecule has 10 heteroatoms. The van der Waals surface area contributed by atoms with E-state index in [0.29, 0.717) is 29.6 Å². The van der Waals surface area contributed by atoms with Crippen LogP contribution < -0.4 is 21.3 Å². The molecule has 0 bridgehead atoms. The van der Waals surface area contributed by atoms with Crippen LogP contribution >= 0.6 is 23.1 Å². The zero-order chi connectivity index (χ0) is 19.1. The zero-order valence-corrected chi connectivity index (χ0v) is 16.4. The van der Waals surface area contributed by atoms with Crippen LogP contribution in [0.5, 0.6) is 5.75 Å². The van der Waals surface area contributed by atoms with Gasteiger partial charge in [-0.1, -0.05) is 23.5 Å². The van der Waals surface area contributed by atoms with Crippen molar-refractivity contribution >= 4 is 34.2 Å². The van der Waals surface area contributed by atoms with Crippen molar-refractivity contribution in [3.63, 3.8) is 0 Å². The van der Waals surface area contributed by atoms with Crippen molar-refractivity contribution < 1.29 is 4.74 Å². The van der Waals surface area contributed by atoms with E-state index in [-0.39, 0.29) is 5.56 Å². The molecule has 0 unspecified atom stereocenters. The third-order valence-electron chi connectivity index (χ3n) is 3.65. The van der Waals surface area contributed by atoms with E-state index in [0.717, 1.165) is 27.8 Å². The summed E-state index contributed by atoms with van der Waals surface area (Å²) in [6.45, 7) is 0.678. The molecule has 0 radical (unpaired) electrons. The van der Waals surface area contributed by atoms with Gasteiger partial charge >= 0.3 is 0 Å². The van der Waals surface area contributed by atoms with Gasteiger partial charge in [0.2, 0.25) is 11.1 Å². The van der Waals surface area contributed by atoms with Crippen molar-refractivity contribution in [2.45, 2.75) is 12.2 Å². The van der Waals surface area contributed by atoms with Crippen LogP contribution in [-0.4, -0.2) is 39.6 Å². The van der Waals surface area contributed by atoms with Gasteiger partial charge < -0.3 is 15.8 Å². The first kappa shape index (κ1) is 19.2. The Labute approximate surface area is 164 Å². The van der Waals surface area contributed by atoms with Gasteiger partial charge in [-0.05, 0) is 17.7 Å². The van der Waals surface area contributed by atoms with Crippen LogP contribution in [0.4, 0.5) is 11.1 Å². The fourth-order valence-corrected chi connectivity index (χ4v) is 3.88. The number of hydrogen-bond acceptors (Lipinski definition) is 9. The van der Waals surface area contributed by atoms with Crippen LogP contribution in [0.25, 0.3) is 0 Å². The number of H-pyrrole nitrogens is 1. The predicted octanol–water partition coefficient (Wildman–Crippen LogP) is 2.15. The van der Waals surface area contributed by atoms with Gasteiger partial charge in [-0.15, -0.1) is 10.2 Å². The number of thioether (sulfide) groups is 1. The number of benzene rings is 1. The number of hydrogen-bond donors (Lipinski definition) is 3. The first-order chi connectivity index (χ1) is 13.1. The molecule has 142 valence electrons. The summed E-state index contributed by atoms with van der Waals surface area (Å²) in [5.74, 6) is 2.84. The highest BCUT2D eigenvalue weighted by atomic mass is 32.2. The van der Waals surface area contributed by atoms with E-state index >= 15 is 0 Å². The molecular formula is C17H20N6O2S2. The number of nitrogen functional groups attached to an aromatic ring is 1. The normalized spacial score (nSPS) is 10.7. The van der Waals surface area contributed by atoms with Gasteiger partial charge in [-0.2, -0.15) is 11.8 Å². The van der Waals surface area contributed by atoms with Gasteiger partial charge in [0.15, 0.2) is 0 Å². The van der Waals surface area contributed by atoms with Gasteiger partial charge in [-0.3, -0.25) is 9.78 Å². The molecule has 0 aliphatic heterocycles. The third-order valence-corrected chi connectivity index (χ3v) is 5.55. The minimum Gasteiger partial charge on any atom is -0.497 e. The summed E-state index contributed by atoms with van der Waals surface area (Å²) in [6, 6.07) is 7.64. The van der Waals surface area contributed by atoms with Crippen LogP contribution in [0.1, 0.15) is 16.1 Å². The summed E-state index contributed by atoms with van der Waals surface area (Å²) in [7, 11) is 1.62. The summed E-state index contributed by atoms with van der Waals surface area (Å²) in [5.41, 5.74) is 7.01. The van der Waals surface area contributed by atoms with Gasteiger partial charge in [0.1, 0.15) is 10.8 Å². The van der Waals surface area contributed by atoms with E-state index in [1.54, 1.807) is 25.1 Å². The number of nitrogens with two attached hydrogens (primary N) is 1. The fourth-order valence-electron chi connectivity index (χ4n) is 2.37. The molecule has 0 aliphatic rings. The molecule has 0 spiro atoms. The second kappa shape index (κ2) is 9.38. The van der Waals surface area contributed by atoms with E-state index in [4.69, 9.17) is 10.5 Å². The fraction of sp³-hybridized carbons (Fsp3) is 0.294. The minimum absolute atomic E-state index is 0.146. The molecule has 0 aliphatic carbocycles. The number of nitrogens with one attached hydrogen (secondary N) is 2. The van der Waals surface area contributed by atoms with Crippen molar-refractivity contribution in [2.24, 2.45) is 0 Å². The lowest BCUT2D eigenvalue weighted by Crippen LogP contribution is -2.18. The highest BCUT2D eigenvalue weighted by Crippen LogP contribution is 2.17. The molecule has 2 aromatic heterocycles. The number of aromatic amines is 1. The molecule has 0 amide bonds. The number of methoxy groups -OCH3 is 1. The summed E-state index contributed by atoms with van der Waals surface area (Å²) in [6.07, 6.45) is 2.11. The minimum atomic E-state index is -0.146. The molecule has 8 nitrogen and oxygen atoms in total. The van der Waals surface area contributed by atoms with E-state index in [1.807, 2.05) is 24.3 Å². The highest BCUT2D eigenvalue weighted by Gasteiger charge is 2.05. The molecule has 0 saturated carbocycles. The van der Waals surface area contributed by atoms with Crippen molar-refractivity contribution in [2.75, 3.05) is 30.5 Å². The Bertz CT molecular complexity index is 943. The van der Waals surface area contributed by atoms with E-state index < -0.39 is 0 Å². The Hall–Kier alpha value is -2.59. The Balaban J connectivity index is 1.48. The van der Waals surface area contributed by atoms with Crippen molar-refractivity contribution in [3.8, 4) is 5.75 Å². The molecule has 0 atom stereocenters. The first-order valence-electron chi connectivity index (χ1n) is 8.24. The van der Waals surface area contributed by atoms with Crippen LogP contribution in [0.15, 0.2) is 35.3 Å². The quantitative estimate of drug-likeness (QED) is 0.464. The van der Waals surface area contributed by atoms with E-state index in [2.05, 4.69) is 25.5 Å². The molecule has 27 heavy (non-hydrogen) atoms. The first-order valence-corrected chi connectivity index (χ1v) is 10.2. The number of anilines is 2. The van der Waals surface area contributed by atoms with E-state index in [9.17, 15) is 4.79 Å². The molecule has 2 heterocycles. The Kier molecular flexibility index (Phi) is 6.66. The standard InChI is InChI=1S/C17H20N6O2S2/c1-25-13-4-2-3-11(8-13)7-12-9-20-17(21-15(12)24)19-5-6-26-10-14-22-23-16(18)27-14/h2-4,8-9H,5-7,10H2,1H3,(H2,18,23)(H2,19,20,21,24). The Morgan fingerprint density at radius 2 is 2.26 bits per heavy atom. The van der Waals surface area contributed by atoms with E-state index in [1.165, 1.54) is 11.3 Å².